The first-order valence-corrected chi connectivity index (χ1v) is 7.33. The number of anilines is 1. The van der Waals surface area contributed by atoms with Gasteiger partial charge in [0.2, 0.25) is 0 Å². The van der Waals surface area contributed by atoms with Crippen LogP contribution in [0.15, 0.2) is 36.9 Å². The lowest BCUT2D eigenvalue weighted by Gasteiger charge is -2.11. The van der Waals surface area contributed by atoms with Crippen molar-refractivity contribution in [3.63, 3.8) is 0 Å². The van der Waals surface area contributed by atoms with Crippen LogP contribution in [0, 0.1) is 0 Å². The SMILES string of the molecule is CCSCCCNc1ccccc1-n1cncn1. The molecule has 0 aliphatic rings. The van der Waals surface area contributed by atoms with Crippen LogP contribution >= 0.6 is 11.8 Å². The Kier molecular flexibility index (Phi) is 5.08. The smallest absolute Gasteiger partial charge is 0.138 e. The van der Waals surface area contributed by atoms with Gasteiger partial charge in [0.1, 0.15) is 12.7 Å². The Morgan fingerprint density at radius 3 is 3.00 bits per heavy atom. The van der Waals surface area contributed by atoms with Crippen LogP contribution in [-0.2, 0) is 0 Å². The van der Waals surface area contributed by atoms with E-state index in [1.165, 1.54) is 17.9 Å². The van der Waals surface area contributed by atoms with Gasteiger partial charge in [0, 0.05) is 6.54 Å². The van der Waals surface area contributed by atoms with Crippen LogP contribution in [0.3, 0.4) is 0 Å². The van der Waals surface area contributed by atoms with E-state index in [4.69, 9.17) is 0 Å². The van der Waals surface area contributed by atoms with Gasteiger partial charge in [-0.05, 0) is 30.1 Å². The predicted molar refractivity (Wildman–Crippen MR) is 77.5 cm³/mol. The molecule has 1 aromatic carbocycles. The molecule has 18 heavy (non-hydrogen) atoms. The van der Waals surface area contributed by atoms with E-state index >= 15 is 0 Å². The Balaban J connectivity index is 1.96. The highest BCUT2D eigenvalue weighted by atomic mass is 32.2. The molecule has 0 amide bonds. The molecular weight excluding hydrogens is 244 g/mol. The van der Waals surface area contributed by atoms with Crippen LogP contribution in [0.25, 0.3) is 5.69 Å². The first kappa shape index (κ1) is 13.0. The van der Waals surface area contributed by atoms with Gasteiger partial charge >= 0.3 is 0 Å². The quantitative estimate of drug-likeness (QED) is 0.779. The van der Waals surface area contributed by atoms with Crippen molar-refractivity contribution in [3.8, 4) is 5.69 Å². The van der Waals surface area contributed by atoms with E-state index in [1.807, 2.05) is 30.0 Å². The number of para-hydroxylation sites is 2. The lowest BCUT2D eigenvalue weighted by Crippen LogP contribution is -2.06. The minimum atomic E-state index is 0.985. The number of hydrogen-bond donors (Lipinski definition) is 1. The fraction of sp³-hybridized carbons (Fsp3) is 0.385. The topological polar surface area (TPSA) is 42.7 Å². The molecule has 1 aromatic heterocycles. The molecule has 0 saturated carbocycles. The molecule has 0 atom stereocenters. The minimum Gasteiger partial charge on any atom is -0.383 e. The molecule has 0 aliphatic heterocycles. The summed E-state index contributed by atoms with van der Waals surface area (Å²) in [4.78, 5) is 3.98. The zero-order chi connectivity index (χ0) is 12.6. The zero-order valence-electron chi connectivity index (χ0n) is 10.5. The average molecular weight is 262 g/mol. The van der Waals surface area contributed by atoms with E-state index in [9.17, 15) is 0 Å². The van der Waals surface area contributed by atoms with E-state index in [0.29, 0.717) is 0 Å². The lowest BCUT2D eigenvalue weighted by atomic mass is 10.2. The van der Waals surface area contributed by atoms with Crippen LogP contribution in [0.5, 0.6) is 0 Å². The third kappa shape index (κ3) is 3.50. The molecular formula is C13H18N4S. The van der Waals surface area contributed by atoms with E-state index < -0.39 is 0 Å². The Labute approximate surface area is 112 Å². The number of hydrogen-bond acceptors (Lipinski definition) is 4. The fourth-order valence-electron chi connectivity index (χ4n) is 1.70. The summed E-state index contributed by atoms with van der Waals surface area (Å²) in [5.41, 5.74) is 2.14. The Morgan fingerprint density at radius 1 is 1.33 bits per heavy atom. The first-order valence-electron chi connectivity index (χ1n) is 6.17. The summed E-state index contributed by atoms with van der Waals surface area (Å²) in [7, 11) is 0. The van der Waals surface area contributed by atoms with E-state index in [1.54, 1.807) is 17.3 Å². The predicted octanol–water partition coefficient (Wildman–Crippen LogP) is 2.82. The molecule has 0 bridgehead atoms. The maximum atomic E-state index is 4.17. The second-order valence-corrected chi connectivity index (χ2v) is 5.23. The summed E-state index contributed by atoms with van der Waals surface area (Å²) in [6.07, 6.45) is 4.44. The van der Waals surface area contributed by atoms with E-state index in [0.717, 1.165) is 17.9 Å². The molecule has 0 radical (unpaired) electrons. The summed E-state index contributed by atoms with van der Waals surface area (Å²) in [5, 5.41) is 7.62. The highest BCUT2D eigenvalue weighted by Gasteiger charge is 2.03. The van der Waals surface area contributed by atoms with Gasteiger partial charge in [0.25, 0.3) is 0 Å². The molecule has 0 unspecified atom stereocenters. The van der Waals surface area contributed by atoms with Crippen LogP contribution in [0.1, 0.15) is 13.3 Å². The molecule has 0 aliphatic carbocycles. The van der Waals surface area contributed by atoms with Crippen molar-refractivity contribution in [2.24, 2.45) is 0 Å². The standard InChI is InChI=1S/C13H18N4S/c1-2-18-9-5-8-15-12-6-3-4-7-13(12)17-11-14-10-16-17/h3-4,6-7,10-11,15H,2,5,8-9H2,1H3. The van der Waals surface area contributed by atoms with Crippen molar-refractivity contribution in [3.05, 3.63) is 36.9 Å². The lowest BCUT2D eigenvalue weighted by molar-refractivity contribution is 0.875. The second kappa shape index (κ2) is 7.06. The summed E-state index contributed by atoms with van der Waals surface area (Å²) in [5.74, 6) is 2.39. The Morgan fingerprint density at radius 2 is 2.22 bits per heavy atom. The van der Waals surface area contributed by atoms with Crippen LogP contribution in [0.4, 0.5) is 5.69 Å². The fourth-order valence-corrected chi connectivity index (χ4v) is 2.33. The number of thioether (sulfide) groups is 1. The number of nitrogens with zero attached hydrogens (tertiary/aromatic N) is 3. The van der Waals surface area contributed by atoms with Crippen molar-refractivity contribution >= 4 is 17.4 Å². The van der Waals surface area contributed by atoms with E-state index in [-0.39, 0.29) is 0 Å². The molecule has 5 heteroatoms. The van der Waals surface area contributed by atoms with Crippen molar-refractivity contribution in [2.45, 2.75) is 13.3 Å². The van der Waals surface area contributed by atoms with Gasteiger partial charge in [0.05, 0.1) is 11.4 Å². The number of rotatable bonds is 7. The molecule has 4 nitrogen and oxygen atoms in total. The molecule has 96 valence electrons. The van der Waals surface area contributed by atoms with Gasteiger partial charge < -0.3 is 5.32 Å². The van der Waals surface area contributed by atoms with Crippen molar-refractivity contribution in [1.82, 2.24) is 14.8 Å². The maximum Gasteiger partial charge on any atom is 0.138 e. The highest BCUT2D eigenvalue weighted by Crippen LogP contribution is 2.18. The van der Waals surface area contributed by atoms with Gasteiger partial charge in [-0.25, -0.2) is 9.67 Å². The average Bonchev–Trinajstić information content (AvgIpc) is 2.93. The van der Waals surface area contributed by atoms with E-state index in [2.05, 4.69) is 28.4 Å². The van der Waals surface area contributed by atoms with Crippen molar-refractivity contribution in [1.29, 1.82) is 0 Å². The third-order valence-corrected chi connectivity index (χ3v) is 3.54. The van der Waals surface area contributed by atoms with Crippen LogP contribution in [0.2, 0.25) is 0 Å². The number of aromatic nitrogens is 3. The molecule has 0 spiro atoms. The van der Waals surface area contributed by atoms with Gasteiger partial charge in [-0.1, -0.05) is 19.1 Å². The van der Waals surface area contributed by atoms with Gasteiger partial charge in [-0.3, -0.25) is 0 Å². The molecule has 1 heterocycles. The monoisotopic (exact) mass is 262 g/mol. The molecule has 0 fully saturated rings. The molecule has 0 saturated heterocycles. The second-order valence-electron chi connectivity index (χ2n) is 3.83. The van der Waals surface area contributed by atoms with Gasteiger partial charge in [-0.15, -0.1) is 0 Å². The summed E-state index contributed by atoms with van der Waals surface area (Å²) >= 11 is 1.98. The summed E-state index contributed by atoms with van der Waals surface area (Å²) in [6.45, 7) is 3.18. The van der Waals surface area contributed by atoms with Crippen LogP contribution < -0.4 is 5.32 Å². The maximum absolute atomic E-state index is 4.17. The van der Waals surface area contributed by atoms with Gasteiger partial charge in [-0.2, -0.15) is 16.9 Å². The Bertz CT molecular complexity index is 456. The summed E-state index contributed by atoms with van der Waals surface area (Å²) in [6, 6.07) is 8.15. The minimum absolute atomic E-state index is 0.985. The molecule has 1 N–H and O–H groups in total. The zero-order valence-corrected chi connectivity index (χ0v) is 11.4. The summed E-state index contributed by atoms with van der Waals surface area (Å²) < 4.78 is 1.78. The highest BCUT2D eigenvalue weighted by molar-refractivity contribution is 7.99. The molecule has 2 rings (SSSR count). The number of nitrogens with one attached hydrogen (secondary N) is 1. The third-order valence-electron chi connectivity index (χ3n) is 2.55. The Hall–Kier alpha value is -1.49. The van der Waals surface area contributed by atoms with Crippen LogP contribution in [-0.4, -0.2) is 32.8 Å². The first-order chi connectivity index (χ1) is 8.92. The normalized spacial score (nSPS) is 10.5. The van der Waals surface area contributed by atoms with Gasteiger partial charge in [0.15, 0.2) is 0 Å². The van der Waals surface area contributed by atoms with Crippen molar-refractivity contribution in [2.75, 3.05) is 23.4 Å². The largest absolute Gasteiger partial charge is 0.383 e. The molecule has 2 aromatic rings. The van der Waals surface area contributed by atoms with Crippen molar-refractivity contribution < 1.29 is 0 Å². The number of benzene rings is 1.